The first-order chi connectivity index (χ1) is 10.5. The molecule has 0 unspecified atom stereocenters. The SMILES string of the molecule is C[C@@H](OC(=O)C1CC1)C(=O)Nc1sc2c(c1C(N)=O)CCC2. The number of esters is 1. The zero-order chi connectivity index (χ0) is 15.9. The van der Waals surface area contributed by atoms with Crippen LogP contribution in [0, 0.1) is 5.92 Å². The number of aryl methyl sites for hydroxylation is 1. The third kappa shape index (κ3) is 2.85. The molecule has 1 aromatic heterocycles. The highest BCUT2D eigenvalue weighted by molar-refractivity contribution is 7.17. The molecule has 6 nitrogen and oxygen atoms in total. The number of hydrogen-bond acceptors (Lipinski definition) is 5. The molecule has 0 aliphatic heterocycles. The molecular formula is C15H18N2O4S. The van der Waals surface area contributed by atoms with E-state index in [0.717, 1.165) is 42.5 Å². The molecule has 2 amide bonds. The van der Waals surface area contributed by atoms with Crippen LogP contribution in [0.5, 0.6) is 0 Å². The molecular weight excluding hydrogens is 304 g/mol. The molecule has 3 rings (SSSR count). The lowest BCUT2D eigenvalue weighted by molar-refractivity contribution is -0.154. The summed E-state index contributed by atoms with van der Waals surface area (Å²) < 4.78 is 5.12. The van der Waals surface area contributed by atoms with Gasteiger partial charge in [0.05, 0.1) is 11.5 Å². The zero-order valence-corrected chi connectivity index (χ0v) is 13.1. The van der Waals surface area contributed by atoms with Gasteiger partial charge in [0.25, 0.3) is 11.8 Å². The predicted octanol–water partition coefficient (Wildman–Crippen LogP) is 1.62. The smallest absolute Gasteiger partial charge is 0.309 e. The molecule has 7 heteroatoms. The van der Waals surface area contributed by atoms with Gasteiger partial charge in [0.2, 0.25) is 0 Å². The highest BCUT2D eigenvalue weighted by Crippen LogP contribution is 2.39. The number of nitrogens with one attached hydrogen (secondary N) is 1. The Bertz CT molecular complexity index is 648. The number of anilines is 1. The molecule has 118 valence electrons. The van der Waals surface area contributed by atoms with E-state index in [1.165, 1.54) is 18.3 Å². The van der Waals surface area contributed by atoms with E-state index in [9.17, 15) is 14.4 Å². The number of hydrogen-bond donors (Lipinski definition) is 2. The Morgan fingerprint density at radius 1 is 1.32 bits per heavy atom. The van der Waals surface area contributed by atoms with Crippen molar-refractivity contribution in [3.8, 4) is 0 Å². The summed E-state index contributed by atoms with van der Waals surface area (Å²) in [5, 5.41) is 3.16. The van der Waals surface area contributed by atoms with Crippen LogP contribution in [0.25, 0.3) is 0 Å². The van der Waals surface area contributed by atoms with E-state index in [0.29, 0.717) is 10.6 Å². The van der Waals surface area contributed by atoms with Crippen molar-refractivity contribution in [2.24, 2.45) is 11.7 Å². The molecule has 0 spiro atoms. The van der Waals surface area contributed by atoms with Crippen LogP contribution in [0.1, 0.15) is 47.0 Å². The molecule has 1 fully saturated rings. The lowest BCUT2D eigenvalue weighted by atomic mass is 10.1. The molecule has 1 saturated carbocycles. The molecule has 0 saturated heterocycles. The van der Waals surface area contributed by atoms with Gasteiger partial charge in [-0.15, -0.1) is 11.3 Å². The fraction of sp³-hybridized carbons (Fsp3) is 0.533. The first-order valence-electron chi connectivity index (χ1n) is 7.43. The van der Waals surface area contributed by atoms with Crippen LogP contribution in [0.2, 0.25) is 0 Å². The monoisotopic (exact) mass is 322 g/mol. The number of ether oxygens (including phenoxy) is 1. The van der Waals surface area contributed by atoms with Crippen LogP contribution in [0.15, 0.2) is 0 Å². The van der Waals surface area contributed by atoms with Crippen LogP contribution < -0.4 is 11.1 Å². The minimum absolute atomic E-state index is 0.0537. The van der Waals surface area contributed by atoms with Crippen molar-refractivity contribution in [2.45, 2.75) is 45.1 Å². The first-order valence-corrected chi connectivity index (χ1v) is 8.24. The second-order valence-electron chi connectivity index (χ2n) is 5.77. The Morgan fingerprint density at radius 3 is 2.68 bits per heavy atom. The molecule has 1 atom stereocenters. The Hall–Kier alpha value is -1.89. The van der Waals surface area contributed by atoms with Crippen molar-refractivity contribution < 1.29 is 19.1 Å². The maximum Gasteiger partial charge on any atom is 0.309 e. The quantitative estimate of drug-likeness (QED) is 0.805. The summed E-state index contributed by atoms with van der Waals surface area (Å²) in [5.41, 5.74) is 6.81. The van der Waals surface area contributed by atoms with Gasteiger partial charge >= 0.3 is 5.97 Å². The van der Waals surface area contributed by atoms with Crippen molar-refractivity contribution in [1.82, 2.24) is 0 Å². The Morgan fingerprint density at radius 2 is 2.05 bits per heavy atom. The van der Waals surface area contributed by atoms with Gasteiger partial charge < -0.3 is 15.8 Å². The van der Waals surface area contributed by atoms with E-state index >= 15 is 0 Å². The number of rotatable bonds is 5. The molecule has 2 aliphatic carbocycles. The van der Waals surface area contributed by atoms with Crippen molar-refractivity contribution in [3.63, 3.8) is 0 Å². The van der Waals surface area contributed by atoms with Gasteiger partial charge in [0.1, 0.15) is 5.00 Å². The maximum atomic E-state index is 12.2. The molecule has 1 heterocycles. The summed E-state index contributed by atoms with van der Waals surface area (Å²) in [6.45, 7) is 1.53. The molecule has 0 bridgehead atoms. The fourth-order valence-electron chi connectivity index (χ4n) is 2.61. The predicted molar refractivity (Wildman–Crippen MR) is 81.8 cm³/mol. The normalized spacial score (nSPS) is 17.7. The average molecular weight is 322 g/mol. The number of carbonyl (C=O) groups excluding carboxylic acids is 3. The zero-order valence-electron chi connectivity index (χ0n) is 12.3. The third-order valence-corrected chi connectivity index (χ3v) is 5.18. The third-order valence-electron chi connectivity index (χ3n) is 3.98. The van der Waals surface area contributed by atoms with Crippen molar-refractivity contribution >= 4 is 34.1 Å². The molecule has 1 aromatic rings. The number of carbonyl (C=O) groups is 3. The van der Waals surface area contributed by atoms with E-state index in [2.05, 4.69) is 5.32 Å². The Balaban J connectivity index is 1.71. The number of nitrogens with two attached hydrogens (primary N) is 1. The minimum Gasteiger partial charge on any atom is -0.452 e. The number of primary amides is 1. The van der Waals surface area contributed by atoms with Gasteiger partial charge in [0, 0.05) is 4.88 Å². The van der Waals surface area contributed by atoms with Gasteiger partial charge in [0.15, 0.2) is 6.10 Å². The second-order valence-corrected chi connectivity index (χ2v) is 6.87. The summed E-state index contributed by atoms with van der Waals surface area (Å²) in [6, 6.07) is 0. The maximum absolute atomic E-state index is 12.2. The summed E-state index contributed by atoms with van der Waals surface area (Å²) >= 11 is 1.39. The second kappa shape index (κ2) is 5.72. The summed E-state index contributed by atoms with van der Waals surface area (Å²) in [4.78, 5) is 36.5. The topological polar surface area (TPSA) is 98.5 Å². The van der Waals surface area contributed by atoms with E-state index in [1.807, 2.05) is 0 Å². The van der Waals surface area contributed by atoms with E-state index < -0.39 is 17.9 Å². The first kappa shape index (κ1) is 15.0. The van der Waals surface area contributed by atoms with Crippen LogP contribution in [-0.4, -0.2) is 23.9 Å². The Labute approximate surface area is 132 Å². The average Bonchev–Trinajstić information content (AvgIpc) is 3.11. The van der Waals surface area contributed by atoms with Crippen LogP contribution >= 0.6 is 11.3 Å². The van der Waals surface area contributed by atoms with Gasteiger partial charge in [-0.1, -0.05) is 0 Å². The van der Waals surface area contributed by atoms with Crippen LogP contribution in [0.4, 0.5) is 5.00 Å². The van der Waals surface area contributed by atoms with Crippen molar-refractivity contribution in [1.29, 1.82) is 0 Å². The summed E-state index contributed by atoms with van der Waals surface area (Å²) in [6.07, 6.45) is 3.50. The minimum atomic E-state index is -0.884. The van der Waals surface area contributed by atoms with E-state index in [1.54, 1.807) is 0 Å². The van der Waals surface area contributed by atoms with Gasteiger partial charge in [-0.2, -0.15) is 0 Å². The van der Waals surface area contributed by atoms with Gasteiger partial charge in [-0.25, -0.2) is 0 Å². The number of thiophene rings is 1. The summed E-state index contributed by atoms with van der Waals surface area (Å²) in [7, 11) is 0. The molecule has 2 aliphatic rings. The van der Waals surface area contributed by atoms with E-state index in [-0.39, 0.29) is 11.9 Å². The van der Waals surface area contributed by atoms with Crippen molar-refractivity contribution in [2.75, 3.05) is 5.32 Å². The van der Waals surface area contributed by atoms with Crippen LogP contribution in [-0.2, 0) is 27.2 Å². The fourth-order valence-corrected chi connectivity index (χ4v) is 3.91. The standard InChI is InChI=1S/C15H18N2O4S/c1-7(21-15(20)8-5-6-8)13(19)17-14-11(12(16)18)9-3-2-4-10(9)22-14/h7-8H,2-6H2,1H3,(H2,16,18)(H,17,19)/t7-/m1/s1. The van der Waals surface area contributed by atoms with Gasteiger partial charge in [-0.3, -0.25) is 14.4 Å². The highest BCUT2D eigenvalue weighted by Gasteiger charge is 2.34. The highest BCUT2D eigenvalue weighted by atomic mass is 32.1. The largest absolute Gasteiger partial charge is 0.452 e. The lowest BCUT2D eigenvalue weighted by Gasteiger charge is -2.13. The number of fused-ring (bicyclic) bond motifs is 1. The number of amides is 2. The van der Waals surface area contributed by atoms with Crippen molar-refractivity contribution in [3.05, 3.63) is 16.0 Å². The molecule has 0 aromatic carbocycles. The van der Waals surface area contributed by atoms with Gasteiger partial charge in [-0.05, 0) is 44.6 Å². The Kier molecular flexibility index (Phi) is 3.90. The molecule has 3 N–H and O–H groups in total. The van der Waals surface area contributed by atoms with Crippen LogP contribution in [0.3, 0.4) is 0 Å². The summed E-state index contributed by atoms with van der Waals surface area (Å²) in [5.74, 6) is -1.35. The molecule has 22 heavy (non-hydrogen) atoms. The van der Waals surface area contributed by atoms with E-state index in [4.69, 9.17) is 10.5 Å². The lowest BCUT2D eigenvalue weighted by Crippen LogP contribution is -2.31. The molecule has 0 radical (unpaired) electrons.